The summed E-state index contributed by atoms with van der Waals surface area (Å²) < 4.78 is 0. The Morgan fingerprint density at radius 1 is 0.603 bits per heavy atom. The first kappa shape index (κ1) is 60.0. The van der Waals surface area contributed by atoms with Crippen LogP contribution in [0.4, 0.5) is 0 Å². The summed E-state index contributed by atoms with van der Waals surface area (Å²) in [5, 5.41) is 38.6. The third kappa shape index (κ3) is 24.7. The van der Waals surface area contributed by atoms with Crippen LogP contribution in [0.25, 0.3) is 0 Å². The number of rotatable bonds is 18. The van der Waals surface area contributed by atoms with Gasteiger partial charge in [-0.25, -0.2) is 4.79 Å². The van der Waals surface area contributed by atoms with Crippen molar-refractivity contribution in [1.82, 2.24) is 42.5 Å². The number of aliphatic imine (C=N–C) groups is 1. The maximum absolute atomic E-state index is 14.0. The van der Waals surface area contributed by atoms with Crippen LogP contribution in [0.2, 0.25) is 0 Å². The molecule has 8 atom stereocenters. The minimum absolute atomic E-state index is 0.0163. The fourth-order valence-corrected chi connectivity index (χ4v) is 8.31. The second-order valence-corrected chi connectivity index (χ2v) is 18.1. The van der Waals surface area contributed by atoms with Crippen LogP contribution in [0.15, 0.2) is 4.99 Å². The lowest BCUT2D eigenvalue weighted by molar-refractivity contribution is -0.142. The largest absolute Gasteiger partial charge is 0.481 e. The number of guanidine groups is 1. The van der Waals surface area contributed by atoms with Crippen molar-refractivity contribution in [3.05, 3.63) is 0 Å². The number of aliphatic carboxylic acids is 2. The number of hydrogen-bond donors (Lipinski definition) is 16. The van der Waals surface area contributed by atoms with Crippen molar-refractivity contribution < 1.29 is 63.0 Å². The number of hydrogen-bond acceptors (Lipinski definition) is 17. The van der Waals surface area contributed by atoms with Crippen LogP contribution in [0.1, 0.15) is 77.6 Å². The van der Waals surface area contributed by atoms with Crippen molar-refractivity contribution in [2.45, 2.75) is 126 Å². The number of nitrogens with two attached hydrogens (primary N) is 6. The van der Waals surface area contributed by atoms with Gasteiger partial charge in [-0.2, -0.15) is 0 Å². The Morgan fingerprint density at radius 2 is 1.07 bits per heavy atom. The molecular formula is C38H67N15O13S2. The molecule has 1 saturated heterocycles. The highest BCUT2D eigenvalue weighted by Crippen LogP contribution is 2.23. The molecule has 1 aliphatic heterocycles. The smallest absolute Gasteiger partial charge is 0.327 e. The molecular weight excluding hydrogens is 939 g/mol. The van der Waals surface area contributed by atoms with Crippen LogP contribution >= 0.6 is 21.6 Å². The summed E-state index contributed by atoms with van der Waals surface area (Å²) in [5.74, 6) is -12.1. The monoisotopic (exact) mass is 1010 g/mol. The Bertz CT molecular complexity index is 1790. The van der Waals surface area contributed by atoms with Gasteiger partial charge >= 0.3 is 11.9 Å². The van der Waals surface area contributed by atoms with Crippen molar-refractivity contribution >= 4 is 92.7 Å². The van der Waals surface area contributed by atoms with Crippen molar-refractivity contribution in [2.24, 2.45) is 39.4 Å². The lowest BCUT2D eigenvalue weighted by Crippen LogP contribution is -2.59. The number of nitrogens with zero attached hydrogens (tertiary/aromatic N) is 1. The lowest BCUT2D eigenvalue weighted by Gasteiger charge is -2.27. The molecule has 22 N–H and O–H groups in total. The second-order valence-electron chi connectivity index (χ2n) is 15.5. The van der Waals surface area contributed by atoms with Crippen LogP contribution in [0, 0.1) is 0 Å². The SMILES string of the molecule is C[C@@H]1NC(=O)[C@H](CC(=O)O)NC(=O)[C@@H](N)CSSC[C@@H](C(=O)O)NC(=O)C(CCCCN)NC(=O)[C@H](CCC(N)=O)NC(=O)[C@H](CCCCN)NC(=O)C(CCCN=C(N)N)NC(=O)CNC1=O. The van der Waals surface area contributed by atoms with E-state index in [1.165, 1.54) is 6.92 Å². The molecule has 68 heavy (non-hydrogen) atoms. The first-order chi connectivity index (χ1) is 32.1. The van der Waals surface area contributed by atoms with E-state index in [2.05, 4.69) is 47.5 Å². The average molecular weight is 1010 g/mol. The number of unbranched alkanes of at least 4 members (excludes halogenated alkanes) is 2. The number of carboxylic acid groups (broad SMARTS) is 2. The van der Waals surface area contributed by atoms with E-state index in [0.29, 0.717) is 12.8 Å². The first-order valence-electron chi connectivity index (χ1n) is 21.7. The highest BCUT2D eigenvalue weighted by molar-refractivity contribution is 8.76. The molecule has 30 heteroatoms. The van der Waals surface area contributed by atoms with E-state index in [4.69, 9.17) is 34.4 Å². The molecule has 1 fully saturated rings. The molecule has 0 aliphatic carbocycles. The maximum atomic E-state index is 14.0. The molecule has 1 heterocycles. The molecule has 9 amide bonds. The van der Waals surface area contributed by atoms with E-state index in [-0.39, 0.29) is 82.0 Å². The van der Waals surface area contributed by atoms with Gasteiger partial charge in [0.15, 0.2) is 5.96 Å². The molecule has 1 rings (SSSR count). The summed E-state index contributed by atoms with van der Waals surface area (Å²) in [5.41, 5.74) is 33.5. The number of amides is 9. The second kappa shape index (κ2) is 32.7. The minimum atomic E-state index is -1.72. The average Bonchev–Trinajstić information content (AvgIpc) is 3.26. The third-order valence-corrected chi connectivity index (χ3v) is 12.2. The number of carbonyl (C=O) groups excluding carboxylic acids is 9. The number of carboxylic acids is 2. The zero-order chi connectivity index (χ0) is 51.3. The number of primary amides is 1. The van der Waals surface area contributed by atoms with Crippen molar-refractivity contribution in [3.63, 3.8) is 0 Å². The predicted octanol–water partition coefficient (Wildman–Crippen LogP) is -6.63. The zero-order valence-corrected chi connectivity index (χ0v) is 39.4. The van der Waals surface area contributed by atoms with E-state index < -0.39 is 133 Å². The molecule has 0 aromatic carbocycles. The van der Waals surface area contributed by atoms with E-state index >= 15 is 0 Å². The van der Waals surface area contributed by atoms with E-state index in [1.54, 1.807) is 0 Å². The van der Waals surface area contributed by atoms with E-state index in [0.717, 1.165) is 21.6 Å². The van der Waals surface area contributed by atoms with Crippen molar-refractivity contribution in [3.8, 4) is 0 Å². The van der Waals surface area contributed by atoms with Crippen LogP contribution < -0.4 is 76.9 Å². The van der Waals surface area contributed by atoms with Gasteiger partial charge in [-0.1, -0.05) is 21.6 Å². The summed E-state index contributed by atoms with van der Waals surface area (Å²) in [6.45, 7) is 0.907. The van der Waals surface area contributed by atoms with Gasteiger partial charge in [0, 0.05) is 24.5 Å². The molecule has 0 bridgehead atoms. The Balaban J connectivity index is 3.73. The van der Waals surface area contributed by atoms with Crippen molar-refractivity contribution in [1.29, 1.82) is 0 Å². The molecule has 0 aromatic rings. The predicted molar refractivity (Wildman–Crippen MR) is 249 cm³/mol. The van der Waals surface area contributed by atoms with Gasteiger partial charge in [-0.3, -0.25) is 52.9 Å². The van der Waals surface area contributed by atoms with Gasteiger partial charge in [-0.05, 0) is 77.8 Å². The highest BCUT2D eigenvalue weighted by atomic mass is 33.1. The van der Waals surface area contributed by atoms with E-state index in [1.807, 2.05) is 0 Å². The molecule has 0 spiro atoms. The van der Waals surface area contributed by atoms with Crippen LogP contribution in [0.3, 0.4) is 0 Å². The van der Waals surface area contributed by atoms with Crippen LogP contribution in [0.5, 0.6) is 0 Å². The molecule has 2 unspecified atom stereocenters. The fourth-order valence-electron chi connectivity index (χ4n) is 6.04. The number of carbonyl (C=O) groups is 11. The summed E-state index contributed by atoms with van der Waals surface area (Å²) in [4.78, 5) is 147. The fraction of sp³-hybridized carbons (Fsp3) is 0.684. The van der Waals surface area contributed by atoms with Crippen LogP contribution in [-0.4, -0.2) is 167 Å². The molecule has 384 valence electrons. The third-order valence-electron chi connectivity index (χ3n) is 9.77. The Hall–Kier alpha value is -5.98. The summed E-state index contributed by atoms with van der Waals surface area (Å²) in [6.07, 6.45) is -0.386. The summed E-state index contributed by atoms with van der Waals surface area (Å²) in [6, 6.07) is -11.7. The van der Waals surface area contributed by atoms with Crippen molar-refractivity contribution in [2.75, 3.05) is 37.7 Å². The van der Waals surface area contributed by atoms with Gasteiger partial charge in [0.25, 0.3) is 0 Å². The first-order valence-corrected chi connectivity index (χ1v) is 24.2. The zero-order valence-electron chi connectivity index (χ0n) is 37.8. The molecule has 28 nitrogen and oxygen atoms in total. The summed E-state index contributed by atoms with van der Waals surface area (Å²) >= 11 is 0. The Kier molecular flexibility index (Phi) is 28.8. The summed E-state index contributed by atoms with van der Waals surface area (Å²) in [7, 11) is 1.81. The quantitative estimate of drug-likeness (QED) is 0.0263. The topological polar surface area (TPSA) is 493 Å². The highest BCUT2D eigenvalue weighted by Gasteiger charge is 2.34. The Labute approximate surface area is 400 Å². The molecule has 0 radical (unpaired) electrons. The standard InChI is InChI=1S/C38H67N15O13S2/c1-19-30(58)46-16-28(55)48-21(9-6-14-45-38(43)44)32(60)49-22(7-2-4-12-39)33(61)51-24(10-11-27(42)54)35(63)50-23(8-3-5-13-40)34(62)53-26(37(65)66)18-68-67-17-20(41)31(59)52-25(15-29(56)57)36(64)47-19/h19-26H,2-18,39-41H2,1H3,(H2,42,54)(H,46,58)(H,47,64)(H,48,55)(H,49,60)(H,50,63)(H,51,61)(H,52,59)(H,53,62)(H,56,57)(H,65,66)(H4,43,44,45)/t19-,20-,21?,22-,23?,24-,25-,26-/m0/s1. The normalized spacial score (nSPS) is 24.9. The van der Waals surface area contributed by atoms with Gasteiger partial charge in [0.05, 0.1) is 19.0 Å². The van der Waals surface area contributed by atoms with Gasteiger partial charge in [0.2, 0.25) is 53.2 Å². The van der Waals surface area contributed by atoms with Crippen LogP contribution in [-0.2, 0) is 52.7 Å². The van der Waals surface area contributed by atoms with E-state index in [9.17, 15) is 63.0 Å². The maximum Gasteiger partial charge on any atom is 0.327 e. The minimum Gasteiger partial charge on any atom is -0.481 e. The molecule has 0 aromatic heterocycles. The van der Waals surface area contributed by atoms with Gasteiger partial charge in [0.1, 0.15) is 42.3 Å². The molecule has 1 aliphatic rings. The van der Waals surface area contributed by atoms with Gasteiger partial charge < -0.3 is 87.1 Å². The molecule has 0 saturated carbocycles. The number of nitrogens with one attached hydrogen (secondary N) is 8. The Morgan fingerprint density at radius 3 is 1.57 bits per heavy atom. The van der Waals surface area contributed by atoms with Gasteiger partial charge in [-0.15, -0.1) is 0 Å². The lowest BCUT2D eigenvalue weighted by atomic mass is 10.0.